The smallest absolute Gasteiger partial charge is 0.275 e. The van der Waals surface area contributed by atoms with Crippen molar-refractivity contribution in [3.63, 3.8) is 0 Å². The second-order valence-electron chi connectivity index (χ2n) is 10.5. The molecule has 0 unspecified atom stereocenters. The second-order valence-corrected chi connectivity index (χ2v) is 12.4. The Labute approximate surface area is 236 Å². The van der Waals surface area contributed by atoms with Crippen molar-refractivity contribution >= 4 is 15.9 Å². The Bertz CT molecular complexity index is 1410. The van der Waals surface area contributed by atoms with Crippen molar-refractivity contribution in [2.24, 2.45) is 0 Å². The van der Waals surface area contributed by atoms with Crippen LogP contribution in [0.25, 0.3) is 0 Å². The van der Waals surface area contributed by atoms with E-state index in [0.29, 0.717) is 23.4 Å². The van der Waals surface area contributed by atoms with Gasteiger partial charge in [-0.15, -0.1) is 0 Å². The number of carbonyl (C=O) groups excluding carboxylic acids is 1. The molecule has 1 aromatic heterocycles. The molecule has 2 aromatic carbocycles. The number of oxazole rings is 1. The van der Waals surface area contributed by atoms with Crippen molar-refractivity contribution in [3.8, 4) is 5.75 Å². The molecule has 0 spiro atoms. The molecule has 0 saturated carbocycles. The highest BCUT2D eigenvalue weighted by molar-refractivity contribution is 7.89. The lowest BCUT2D eigenvalue weighted by Gasteiger charge is -2.29. The zero-order chi connectivity index (χ0) is 29.0. The molecule has 0 atom stereocenters. The van der Waals surface area contributed by atoms with E-state index in [9.17, 15) is 18.3 Å². The number of sulfonamides is 1. The monoisotopic (exact) mass is 570 g/mol. The van der Waals surface area contributed by atoms with Crippen LogP contribution in [-0.4, -0.2) is 78.9 Å². The van der Waals surface area contributed by atoms with Crippen LogP contribution in [0.3, 0.4) is 0 Å². The first-order valence-corrected chi connectivity index (χ1v) is 14.7. The van der Waals surface area contributed by atoms with Crippen LogP contribution in [0.4, 0.5) is 0 Å². The summed E-state index contributed by atoms with van der Waals surface area (Å²) in [5.41, 5.74) is 3.44. The molecular weight excluding hydrogens is 532 g/mol. The Morgan fingerprint density at radius 3 is 2.27 bits per heavy atom. The lowest BCUT2D eigenvalue weighted by Crippen LogP contribution is -2.35. The molecule has 1 saturated heterocycles. The minimum Gasteiger partial charge on any atom is -0.497 e. The van der Waals surface area contributed by atoms with E-state index >= 15 is 0 Å². The molecule has 1 fully saturated rings. The van der Waals surface area contributed by atoms with Gasteiger partial charge in [0, 0.05) is 40.3 Å². The SMILES string of the molecule is COc1cc(C)c(S(=O)(=O)N(C)Cc2nc(C(=O)N(C)Cc3ccc(CN4CCC(O)CC4)cc3)co2)c(C)c1. The van der Waals surface area contributed by atoms with Gasteiger partial charge in [0.2, 0.25) is 15.9 Å². The van der Waals surface area contributed by atoms with Crippen LogP contribution >= 0.6 is 0 Å². The molecule has 216 valence electrons. The minimum absolute atomic E-state index is 0.115. The Kier molecular flexibility index (Phi) is 9.29. The number of methoxy groups -OCH3 is 1. The van der Waals surface area contributed by atoms with Crippen LogP contribution in [0.1, 0.15) is 51.5 Å². The van der Waals surface area contributed by atoms with Gasteiger partial charge in [0.15, 0.2) is 5.69 Å². The van der Waals surface area contributed by atoms with Gasteiger partial charge in [0.1, 0.15) is 12.0 Å². The van der Waals surface area contributed by atoms with E-state index in [1.807, 2.05) is 12.1 Å². The normalized spacial score (nSPS) is 15.0. The molecule has 0 radical (unpaired) electrons. The lowest BCUT2D eigenvalue weighted by atomic mass is 10.1. The van der Waals surface area contributed by atoms with Crippen LogP contribution in [0.2, 0.25) is 0 Å². The first-order chi connectivity index (χ1) is 19.0. The highest BCUT2D eigenvalue weighted by Crippen LogP contribution is 2.28. The van der Waals surface area contributed by atoms with Crippen LogP contribution in [0, 0.1) is 13.8 Å². The maximum atomic E-state index is 13.3. The number of rotatable bonds is 10. The number of benzene rings is 2. The number of ether oxygens (including phenoxy) is 1. The topological polar surface area (TPSA) is 116 Å². The van der Waals surface area contributed by atoms with Gasteiger partial charge in [-0.1, -0.05) is 24.3 Å². The van der Waals surface area contributed by atoms with Crippen molar-refractivity contribution in [2.75, 3.05) is 34.3 Å². The van der Waals surface area contributed by atoms with Gasteiger partial charge in [-0.3, -0.25) is 9.69 Å². The number of amides is 1. The molecule has 0 aliphatic carbocycles. The standard InChI is InChI=1S/C29H38N4O6S/c1-20-14-25(38-5)15-21(2)28(20)40(36,37)32(4)18-27-30-26(19-39-27)29(35)31(3)16-22-6-8-23(9-7-22)17-33-12-10-24(34)11-13-33/h6-9,14-15,19,24,34H,10-13,16-18H2,1-5H3. The number of aliphatic hydroxyl groups excluding tert-OH is 1. The number of hydrogen-bond acceptors (Lipinski definition) is 8. The van der Waals surface area contributed by atoms with Crippen LogP contribution in [-0.2, 0) is 29.7 Å². The van der Waals surface area contributed by atoms with E-state index in [1.54, 1.807) is 37.9 Å². The van der Waals surface area contributed by atoms with E-state index in [4.69, 9.17) is 9.15 Å². The largest absolute Gasteiger partial charge is 0.497 e. The number of piperidine rings is 1. The van der Waals surface area contributed by atoms with Gasteiger partial charge in [0.05, 0.1) is 24.7 Å². The minimum atomic E-state index is -3.84. The maximum absolute atomic E-state index is 13.3. The first-order valence-electron chi connectivity index (χ1n) is 13.3. The Balaban J connectivity index is 1.35. The number of aromatic nitrogens is 1. The Hall–Kier alpha value is -3.25. The van der Waals surface area contributed by atoms with Crippen molar-refractivity contribution in [1.82, 2.24) is 19.1 Å². The molecule has 2 heterocycles. The fourth-order valence-corrected chi connectivity index (χ4v) is 6.50. The van der Waals surface area contributed by atoms with Crippen molar-refractivity contribution in [2.45, 2.75) is 57.3 Å². The van der Waals surface area contributed by atoms with E-state index < -0.39 is 10.0 Å². The molecule has 1 amide bonds. The van der Waals surface area contributed by atoms with Crippen LogP contribution in [0.15, 0.2) is 52.0 Å². The molecule has 10 nitrogen and oxygen atoms in total. The zero-order valence-electron chi connectivity index (χ0n) is 23.8. The average Bonchev–Trinajstić information content (AvgIpc) is 3.38. The quantitative estimate of drug-likeness (QED) is 0.395. The molecule has 4 rings (SSSR count). The Morgan fingerprint density at radius 1 is 1.07 bits per heavy atom. The summed E-state index contributed by atoms with van der Waals surface area (Å²) in [6.07, 6.45) is 2.69. The lowest BCUT2D eigenvalue weighted by molar-refractivity contribution is 0.0777. The summed E-state index contributed by atoms with van der Waals surface area (Å²) in [4.78, 5) is 21.4. The summed E-state index contributed by atoms with van der Waals surface area (Å²) < 4.78 is 38.5. The molecule has 1 aliphatic rings. The van der Waals surface area contributed by atoms with E-state index in [0.717, 1.165) is 42.3 Å². The van der Waals surface area contributed by atoms with E-state index in [2.05, 4.69) is 22.0 Å². The van der Waals surface area contributed by atoms with Gasteiger partial charge >= 0.3 is 0 Å². The van der Waals surface area contributed by atoms with Crippen molar-refractivity contribution in [3.05, 3.63) is 76.5 Å². The van der Waals surface area contributed by atoms with Gasteiger partial charge in [-0.25, -0.2) is 13.4 Å². The molecule has 11 heteroatoms. The highest BCUT2D eigenvalue weighted by atomic mass is 32.2. The summed E-state index contributed by atoms with van der Waals surface area (Å²) in [5, 5.41) is 9.69. The number of likely N-dealkylation sites (tertiary alicyclic amines) is 1. The Morgan fingerprint density at radius 2 is 1.68 bits per heavy atom. The third-order valence-corrected chi connectivity index (χ3v) is 9.33. The van der Waals surface area contributed by atoms with Crippen LogP contribution < -0.4 is 4.74 Å². The molecule has 40 heavy (non-hydrogen) atoms. The number of hydrogen-bond donors (Lipinski definition) is 1. The predicted molar refractivity (Wildman–Crippen MR) is 150 cm³/mol. The van der Waals surface area contributed by atoms with Gasteiger partial charge in [-0.05, 0) is 61.1 Å². The van der Waals surface area contributed by atoms with Gasteiger partial charge in [-0.2, -0.15) is 4.31 Å². The fraction of sp³-hybridized carbons (Fsp3) is 0.448. The van der Waals surface area contributed by atoms with Crippen LogP contribution in [0.5, 0.6) is 5.75 Å². The summed E-state index contributed by atoms with van der Waals surface area (Å²) >= 11 is 0. The average molecular weight is 571 g/mol. The number of aryl methyl sites for hydroxylation is 2. The van der Waals surface area contributed by atoms with Crippen molar-refractivity contribution < 1.29 is 27.5 Å². The summed E-state index contributed by atoms with van der Waals surface area (Å²) in [6, 6.07) is 11.5. The zero-order valence-corrected chi connectivity index (χ0v) is 24.6. The first kappa shape index (κ1) is 29.7. The number of nitrogens with zero attached hydrogens (tertiary/aromatic N) is 4. The predicted octanol–water partition coefficient (Wildman–Crippen LogP) is 3.35. The summed E-state index contributed by atoms with van der Waals surface area (Å²) in [7, 11) is 0.840. The molecule has 3 aromatic rings. The summed E-state index contributed by atoms with van der Waals surface area (Å²) in [6.45, 7) is 6.34. The molecule has 1 aliphatic heterocycles. The third-order valence-electron chi connectivity index (χ3n) is 7.22. The number of aliphatic hydroxyl groups is 1. The maximum Gasteiger partial charge on any atom is 0.275 e. The highest BCUT2D eigenvalue weighted by Gasteiger charge is 2.27. The van der Waals surface area contributed by atoms with E-state index in [-0.39, 0.29) is 35.0 Å². The van der Waals surface area contributed by atoms with Crippen molar-refractivity contribution in [1.29, 1.82) is 0 Å². The molecular formula is C29H38N4O6S. The summed E-state index contributed by atoms with van der Waals surface area (Å²) in [5.74, 6) is 0.394. The second kappa shape index (κ2) is 12.5. The fourth-order valence-electron chi connectivity index (χ4n) is 4.98. The number of carbonyl (C=O) groups is 1. The van der Waals surface area contributed by atoms with E-state index in [1.165, 1.54) is 26.0 Å². The third kappa shape index (κ3) is 6.90. The molecule has 1 N–H and O–H groups in total. The molecule has 0 bridgehead atoms. The van der Waals surface area contributed by atoms with Gasteiger partial charge < -0.3 is 19.2 Å². The van der Waals surface area contributed by atoms with Gasteiger partial charge in [0.25, 0.3) is 5.91 Å².